The molecule has 0 aliphatic carbocycles. The third-order valence-corrected chi connectivity index (χ3v) is 8.23. The maximum absolute atomic E-state index is 14.2. The lowest BCUT2D eigenvalue weighted by Gasteiger charge is -2.36. The first-order valence-corrected chi connectivity index (χ1v) is 13.5. The Hall–Kier alpha value is -2.45. The molecule has 3 fully saturated rings. The standard InChI is InChI=1S/C28H42N4O4/c1-6-30-9-11-31(12-10-30)19-7-8-20(27(29)34)21(14-19)22(13-17(2)3)28(35)32-15-23(18(4)5)26-25(32)24(33)16-36-26/h7-8,14,17-18,22-23,25-26H,6,9-13,15-16H2,1-5H3,(H2,29,34)/t22-,23-,25+,26+/m0/s1. The number of carbonyl (C=O) groups excluding carboxylic acids is 3. The van der Waals surface area contributed by atoms with Crippen LogP contribution in [0.15, 0.2) is 18.2 Å². The van der Waals surface area contributed by atoms with Crippen molar-refractivity contribution in [2.75, 3.05) is 50.8 Å². The van der Waals surface area contributed by atoms with Gasteiger partial charge in [0.15, 0.2) is 5.78 Å². The second kappa shape index (κ2) is 10.9. The molecule has 0 unspecified atom stereocenters. The monoisotopic (exact) mass is 498 g/mol. The van der Waals surface area contributed by atoms with Gasteiger partial charge in [-0.1, -0.05) is 34.6 Å². The van der Waals surface area contributed by atoms with Crippen LogP contribution in [0.3, 0.4) is 0 Å². The summed E-state index contributed by atoms with van der Waals surface area (Å²) in [6.45, 7) is 15.9. The summed E-state index contributed by atoms with van der Waals surface area (Å²) in [5.41, 5.74) is 7.88. The number of ether oxygens (including phenoxy) is 1. The van der Waals surface area contributed by atoms with E-state index in [1.165, 1.54) is 0 Å². The quantitative estimate of drug-likeness (QED) is 0.592. The number of rotatable bonds is 8. The van der Waals surface area contributed by atoms with E-state index >= 15 is 0 Å². The van der Waals surface area contributed by atoms with E-state index in [4.69, 9.17) is 10.5 Å². The zero-order valence-corrected chi connectivity index (χ0v) is 22.4. The molecule has 2 N–H and O–H groups in total. The Morgan fingerprint density at radius 1 is 1.11 bits per heavy atom. The molecule has 8 nitrogen and oxygen atoms in total. The topological polar surface area (TPSA) is 96.2 Å². The number of fused-ring (bicyclic) bond motifs is 1. The van der Waals surface area contributed by atoms with Crippen molar-refractivity contribution in [3.63, 3.8) is 0 Å². The maximum Gasteiger partial charge on any atom is 0.249 e. The minimum atomic E-state index is -0.552. The van der Waals surface area contributed by atoms with Crippen molar-refractivity contribution in [3.05, 3.63) is 29.3 Å². The fraction of sp³-hybridized carbons (Fsp3) is 0.679. The summed E-state index contributed by atoms with van der Waals surface area (Å²) in [4.78, 5) is 46.0. The molecule has 8 heteroatoms. The Labute approximate surface area is 215 Å². The van der Waals surface area contributed by atoms with Crippen molar-refractivity contribution >= 4 is 23.3 Å². The number of hydrogen-bond acceptors (Lipinski definition) is 6. The number of benzene rings is 1. The zero-order valence-electron chi connectivity index (χ0n) is 22.4. The van der Waals surface area contributed by atoms with Gasteiger partial charge in [-0.3, -0.25) is 14.4 Å². The number of likely N-dealkylation sites (N-methyl/N-ethyl adjacent to an activating group) is 1. The molecule has 0 bridgehead atoms. The van der Waals surface area contributed by atoms with Gasteiger partial charge in [-0.25, -0.2) is 0 Å². The maximum atomic E-state index is 14.2. The van der Waals surface area contributed by atoms with Crippen LogP contribution >= 0.6 is 0 Å². The molecule has 0 spiro atoms. The van der Waals surface area contributed by atoms with Crippen LogP contribution in [-0.4, -0.2) is 85.4 Å². The Morgan fingerprint density at radius 2 is 1.81 bits per heavy atom. The molecular weight excluding hydrogens is 456 g/mol. The molecule has 198 valence electrons. The Kier molecular flexibility index (Phi) is 8.05. The lowest BCUT2D eigenvalue weighted by molar-refractivity contribution is -0.138. The lowest BCUT2D eigenvalue weighted by atomic mass is 9.85. The third-order valence-electron chi connectivity index (χ3n) is 8.23. The van der Waals surface area contributed by atoms with Gasteiger partial charge in [-0.2, -0.15) is 0 Å². The smallest absolute Gasteiger partial charge is 0.249 e. The second-order valence-corrected chi connectivity index (χ2v) is 11.3. The molecule has 3 saturated heterocycles. The summed E-state index contributed by atoms with van der Waals surface area (Å²) in [7, 11) is 0. The molecule has 4 rings (SSSR count). The van der Waals surface area contributed by atoms with Crippen molar-refractivity contribution in [1.29, 1.82) is 0 Å². The summed E-state index contributed by atoms with van der Waals surface area (Å²) < 4.78 is 5.86. The van der Waals surface area contributed by atoms with Crippen molar-refractivity contribution in [3.8, 4) is 0 Å². The van der Waals surface area contributed by atoms with Crippen LogP contribution in [0.5, 0.6) is 0 Å². The Balaban J connectivity index is 1.70. The van der Waals surface area contributed by atoms with Crippen LogP contribution in [0.25, 0.3) is 0 Å². The first-order valence-electron chi connectivity index (χ1n) is 13.5. The SMILES string of the molecule is CCN1CCN(c2ccc(C(N)=O)c([C@H](CC(C)C)C(=O)N3C[C@@H](C(C)C)[C@H]4OCC(=O)[C@H]43)c2)CC1. The lowest BCUT2D eigenvalue weighted by Crippen LogP contribution is -2.46. The predicted molar refractivity (Wildman–Crippen MR) is 140 cm³/mol. The molecule has 0 aromatic heterocycles. The van der Waals surface area contributed by atoms with Crippen LogP contribution in [0.1, 0.15) is 62.9 Å². The minimum Gasteiger partial charge on any atom is -0.369 e. The first kappa shape index (κ1) is 26.6. The summed E-state index contributed by atoms with van der Waals surface area (Å²) in [5, 5.41) is 0. The molecule has 36 heavy (non-hydrogen) atoms. The van der Waals surface area contributed by atoms with Crippen molar-refractivity contribution in [2.24, 2.45) is 23.5 Å². The molecule has 4 atom stereocenters. The number of piperazine rings is 1. The van der Waals surface area contributed by atoms with Gasteiger partial charge in [-0.15, -0.1) is 0 Å². The predicted octanol–water partition coefficient (Wildman–Crippen LogP) is 2.51. The molecule has 1 aromatic carbocycles. The Morgan fingerprint density at radius 3 is 2.39 bits per heavy atom. The van der Waals surface area contributed by atoms with Crippen LogP contribution in [0.4, 0.5) is 5.69 Å². The number of nitrogens with two attached hydrogens (primary N) is 1. The highest BCUT2D eigenvalue weighted by molar-refractivity contribution is 5.99. The average molecular weight is 499 g/mol. The number of Topliss-reactive ketones (excluding diaryl/α,β-unsaturated/α-hetero) is 1. The molecule has 0 radical (unpaired) electrons. The highest BCUT2D eigenvalue weighted by atomic mass is 16.5. The highest BCUT2D eigenvalue weighted by Gasteiger charge is 2.53. The van der Waals surface area contributed by atoms with Crippen molar-refractivity contribution < 1.29 is 19.1 Å². The van der Waals surface area contributed by atoms with Gasteiger partial charge in [0.05, 0.1) is 12.0 Å². The number of likely N-dealkylation sites (tertiary alicyclic amines) is 1. The number of hydrogen-bond donors (Lipinski definition) is 1. The van der Waals surface area contributed by atoms with E-state index < -0.39 is 17.9 Å². The van der Waals surface area contributed by atoms with Crippen LogP contribution in [0.2, 0.25) is 0 Å². The number of ketones is 1. The van der Waals surface area contributed by atoms with Gasteiger partial charge >= 0.3 is 0 Å². The molecule has 3 heterocycles. The number of carbonyl (C=O) groups is 3. The fourth-order valence-corrected chi connectivity index (χ4v) is 6.12. The molecule has 3 aliphatic heterocycles. The fourth-order valence-electron chi connectivity index (χ4n) is 6.12. The van der Waals surface area contributed by atoms with Gasteiger partial charge in [0, 0.05) is 49.9 Å². The van der Waals surface area contributed by atoms with Gasteiger partial charge in [0.25, 0.3) is 0 Å². The number of amides is 2. The highest BCUT2D eigenvalue weighted by Crippen LogP contribution is 2.40. The van der Waals surface area contributed by atoms with Gasteiger partial charge in [-0.05, 0) is 48.6 Å². The summed E-state index contributed by atoms with van der Waals surface area (Å²) in [6, 6.07) is 5.17. The summed E-state index contributed by atoms with van der Waals surface area (Å²) in [6.07, 6.45) is 0.319. The van der Waals surface area contributed by atoms with Crippen LogP contribution in [-0.2, 0) is 14.3 Å². The van der Waals surface area contributed by atoms with E-state index in [0.717, 1.165) is 38.4 Å². The average Bonchev–Trinajstić information content (AvgIpc) is 3.42. The summed E-state index contributed by atoms with van der Waals surface area (Å²) >= 11 is 0. The largest absolute Gasteiger partial charge is 0.369 e. The first-order chi connectivity index (χ1) is 17.1. The van der Waals surface area contributed by atoms with Gasteiger partial charge in [0.2, 0.25) is 11.8 Å². The van der Waals surface area contributed by atoms with E-state index in [0.29, 0.717) is 24.1 Å². The van der Waals surface area contributed by atoms with Gasteiger partial charge in [0.1, 0.15) is 12.6 Å². The van der Waals surface area contributed by atoms with Crippen molar-refractivity contribution in [1.82, 2.24) is 9.80 Å². The third kappa shape index (κ3) is 5.16. The molecular formula is C28H42N4O4. The van der Waals surface area contributed by atoms with E-state index in [-0.39, 0.29) is 42.2 Å². The van der Waals surface area contributed by atoms with E-state index in [2.05, 4.69) is 44.4 Å². The van der Waals surface area contributed by atoms with E-state index in [9.17, 15) is 14.4 Å². The van der Waals surface area contributed by atoms with E-state index in [1.54, 1.807) is 11.0 Å². The van der Waals surface area contributed by atoms with E-state index in [1.807, 2.05) is 12.1 Å². The number of anilines is 1. The molecule has 3 aliphatic rings. The number of nitrogens with zero attached hydrogens (tertiary/aromatic N) is 3. The minimum absolute atomic E-state index is 0.0301. The molecule has 1 aromatic rings. The van der Waals surface area contributed by atoms with Gasteiger partial charge < -0.3 is 25.2 Å². The second-order valence-electron chi connectivity index (χ2n) is 11.3. The Bertz CT molecular complexity index is 986. The van der Waals surface area contributed by atoms with Crippen LogP contribution < -0.4 is 10.6 Å². The summed E-state index contributed by atoms with van der Waals surface area (Å²) in [5.74, 6) is -0.601. The van der Waals surface area contributed by atoms with Crippen LogP contribution in [0, 0.1) is 17.8 Å². The van der Waals surface area contributed by atoms with Crippen molar-refractivity contribution in [2.45, 2.75) is 59.1 Å². The molecule has 0 saturated carbocycles. The normalized spacial score (nSPS) is 25.6. The molecule has 2 amide bonds. The number of primary amides is 1. The zero-order chi connectivity index (χ0) is 26.1.